The second-order valence-corrected chi connectivity index (χ2v) is 11.3. The Labute approximate surface area is 212 Å². The Morgan fingerprint density at radius 1 is 1.28 bits per heavy atom. The third-order valence-corrected chi connectivity index (χ3v) is 8.61. The maximum absolute atomic E-state index is 13.2. The molecule has 1 unspecified atom stereocenters. The van der Waals surface area contributed by atoms with Gasteiger partial charge in [0, 0.05) is 12.1 Å². The number of thiophene rings is 1. The number of rotatable bonds is 8. The van der Waals surface area contributed by atoms with Gasteiger partial charge in [0.2, 0.25) is 11.6 Å². The Balaban J connectivity index is 1.48. The first-order valence-corrected chi connectivity index (χ1v) is 12.5. The van der Waals surface area contributed by atoms with Gasteiger partial charge in [0.1, 0.15) is 18.0 Å². The van der Waals surface area contributed by atoms with Crippen molar-refractivity contribution in [3.63, 3.8) is 0 Å². The summed E-state index contributed by atoms with van der Waals surface area (Å²) in [6.45, 7) is 3.00. The fraction of sp³-hybridized carbons (Fsp3) is 0.364. The third kappa shape index (κ3) is 4.10. The number of thioether (sulfide) groups is 1. The lowest BCUT2D eigenvalue weighted by molar-refractivity contribution is -0.384. The zero-order chi connectivity index (χ0) is 26.4. The molecule has 2 aromatic rings. The molecule has 36 heavy (non-hydrogen) atoms. The van der Waals surface area contributed by atoms with Gasteiger partial charge in [-0.15, -0.1) is 11.8 Å². The molecule has 3 heterocycles. The molecule has 4 atom stereocenters. The molecule has 0 saturated carbocycles. The van der Waals surface area contributed by atoms with Crippen LogP contribution in [0.3, 0.4) is 0 Å². The van der Waals surface area contributed by atoms with Crippen molar-refractivity contribution in [1.82, 2.24) is 10.2 Å². The number of nitro benzene ring substituents is 1. The Kier molecular flexibility index (Phi) is 6.53. The predicted octanol–water partition coefficient (Wildman–Crippen LogP) is 1.40. The molecule has 2 saturated heterocycles. The van der Waals surface area contributed by atoms with Gasteiger partial charge in [0.05, 0.1) is 9.67 Å². The summed E-state index contributed by atoms with van der Waals surface area (Å²) in [7, 11) is 0. The molecule has 4 N–H and O–H groups in total. The van der Waals surface area contributed by atoms with E-state index in [9.17, 15) is 34.4 Å². The van der Waals surface area contributed by atoms with E-state index in [1.54, 1.807) is 30.7 Å². The highest BCUT2D eigenvalue weighted by molar-refractivity contribution is 8.01. The summed E-state index contributed by atoms with van der Waals surface area (Å²) < 4.78 is 4.28. The van der Waals surface area contributed by atoms with Crippen molar-refractivity contribution in [3.8, 4) is 0 Å². The number of nitro groups is 1. The number of benzene rings is 1. The van der Waals surface area contributed by atoms with Crippen molar-refractivity contribution in [2.24, 2.45) is 5.73 Å². The molecule has 0 aliphatic carbocycles. The highest BCUT2D eigenvalue weighted by Gasteiger charge is 2.71. The lowest BCUT2D eigenvalue weighted by Gasteiger charge is -2.48. The van der Waals surface area contributed by atoms with Crippen LogP contribution in [0, 0.1) is 10.1 Å². The normalized spacial score (nSPS) is 24.9. The number of carboxylic acids is 1. The fourth-order valence-electron chi connectivity index (χ4n) is 4.16. The monoisotopic (exact) mass is 534 g/mol. The average Bonchev–Trinajstić information content (AvgIpc) is 3.40. The van der Waals surface area contributed by atoms with Crippen molar-refractivity contribution in [1.29, 1.82) is 0 Å². The quantitative estimate of drug-likeness (QED) is 0.147. The van der Waals surface area contributed by atoms with Gasteiger partial charge in [-0.25, -0.2) is 4.79 Å². The van der Waals surface area contributed by atoms with Crippen molar-refractivity contribution in [2.45, 2.75) is 48.2 Å². The minimum Gasteiger partial charge on any atom is -0.478 e. The van der Waals surface area contributed by atoms with E-state index < -0.39 is 56.4 Å². The number of nitrogens with zero attached hydrogens (tertiary/aromatic N) is 2. The van der Waals surface area contributed by atoms with Crippen molar-refractivity contribution in [3.05, 3.63) is 62.3 Å². The first kappa shape index (κ1) is 25.6. The standard InChI is InChI=1S/C22H22N4O8S2/c1-21(2)22(23,20(30)31)25-17(28)15(18(25)36-21)24-16(27)14(12-7-8-35-10-12)19(29)34-9-11-3-5-13(6-4-11)26(32)33/h3-8,10,14-15,18H,9,23H2,1-2H3,(H,24,27)(H,30,31)/t14?,15-,18-,22+/m1/s1. The minimum atomic E-state index is -1.95. The Bertz CT molecular complexity index is 1230. The van der Waals surface area contributed by atoms with Crippen LogP contribution in [0.2, 0.25) is 0 Å². The topological polar surface area (TPSA) is 182 Å². The summed E-state index contributed by atoms with van der Waals surface area (Å²) >= 11 is 2.42. The molecule has 0 radical (unpaired) electrons. The number of aliphatic carboxylic acids is 1. The van der Waals surface area contributed by atoms with Crippen LogP contribution in [0.25, 0.3) is 0 Å². The van der Waals surface area contributed by atoms with Crippen molar-refractivity contribution < 1.29 is 33.9 Å². The molecule has 2 fully saturated rings. The number of esters is 1. The van der Waals surface area contributed by atoms with Crippen LogP contribution < -0.4 is 11.1 Å². The number of fused-ring (bicyclic) bond motifs is 1. The molecule has 0 bridgehead atoms. The summed E-state index contributed by atoms with van der Waals surface area (Å²) in [5, 5.41) is 25.6. The SMILES string of the molecule is CC1(C)S[C@@H]2[C@H](NC(=O)C(C(=O)OCc3ccc([N+](=O)[O-])cc3)c3ccsc3)C(=O)N2[C@@]1(N)C(=O)O. The number of nitrogens with two attached hydrogens (primary N) is 1. The molecule has 1 aromatic heterocycles. The number of carbonyl (C=O) groups excluding carboxylic acids is 3. The summed E-state index contributed by atoms with van der Waals surface area (Å²) in [5.74, 6) is -5.03. The van der Waals surface area contributed by atoms with Crippen LogP contribution >= 0.6 is 23.1 Å². The number of carboxylic acid groups (broad SMARTS) is 1. The number of carbonyl (C=O) groups is 4. The number of amides is 2. The van der Waals surface area contributed by atoms with E-state index in [1.807, 2.05) is 0 Å². The van der Waals surface area contributed by atoms with E-state index in [1.165, 1.54) is 35.6 Å². The van der Waals surface area contributed by atoms with E-state index in [-0.39, 0.29) is 12.3 Å². The Morgan fingerprint density at radius 2 is 1.94 bits per heavy atom. The average molecular weight is 535 g/mol. The number of hydrogen-bond donors (Lipinski definition) is 3. The molecule has 1 aromatic carbocycles. The van der Waals surface area contributed by atoms with Gasteiger partial charge < -0.3 is 15.2 Å². The Hall–Kier alpha value is -3.49. The van der Waals surface area contributed by atoms with E-state index in [2.05, 4.69) is 5.32 Å². The number of nitrogens with one attached hydrogen (secondary N) is 1. The van der Waals surface area contributed by atoms with Gasteiger partial charge in [-0.2, -0.15) is 11.3 Å². The summed E-state index contributed by atoms with van der Waals surface area (Å²) in [6, 6.07) is 5.95. The molecular weight excluding hydrogens is 512 g/mol. The second-order valence-electron chi connectivity index (χ2n) is 8.81. The van der Waals surface area contributed by atoms with Crippen LogP contribution in [0.4, 0.5) is 5.69 Å². The van der Waals surface area contributed by atoms with Gasteiger partial charge in [-0.1, -0.05) is 0 Å². The highest BCUT2D eigenvalue weighted by Crippen LogP contribution is 2.54. The Morgan fingerprint density at radius 3 is 2.50 bits per heavy atom. The number of non-ortho nitro benzene ring substituents is 1. The third-order valence-electron chi connectivity index (χ3n) is 6.28. The molecule has 14 heteroatoms. The van der Waals surface area contributed by atoms with Gasteiger partial charge in [-0.05, 0) is 53.9 Å². The van der Waals surface area contributed by atoms with Crippen LogP contribution in [0.15, 0.2) is 41.1 Å². The van der Waals surface area contributed by atoms with Gasteiger partial charge >= 0.3 is 11.9 Å². The molecular formula is C22H22N4O8S2. The molecule has 2 aliphatic heterocycles. The summed E-state index contributed by atoms with van der Waals surface area (Å²) in [4.78, 5) is 62.2. The smallest absolute Gasteiger partial charge is 0.346 e. The largest absolute Gasteiger partial charge is 0.478 e. The summed E-state index contributed by atoms with van der Waals surface area (Å²) in [6.07, 6.45) is 0. The van der Waals surface area contributed by atoms with Crippen LogP contribution in [-0.2, 0) is 30.5 Å². The second kappa shape index (κ2) is 9.19. The van der Waals surface area contributed by atoms with Crippen LogP contribution in [-0.4, -0.2) is 60.5 Å². The van der Waals surface area contributed by atoms with E-state index >= 15 is 0 Å². The zero-order valence-electron chi connectivity index (χ0n) is 19.1. The fourth-order valence-corrected chi connectivity index (χ4v) is 6.51. The van der Waals surface area contributed by atoms with Gasteiger partial charge in [-0.3, -0.25) is 35.1 Å². The molecule has 0 spiro atoms. The lowest BCUT2D eigenvalue weighted by Crippen LogP contribution is -2.78. The molecule has 190 valence electrons. The molecule has 4 rings (SSSR count). The number of ether oxygens (including phenoxy) is 1. The van der Waals surface area contributed by atoms with Gasteiger partial charge in [0.25, 0.3) is 11.6 Å². The maximum atomic E-state index is 13.2. The number of hydrogen-bond acceptors (Lipinski definition) is 10. The number of β-lactam (4-membered cyclic amide) rings is 1. The van der Waals surface area contributed by atoms with Crippen molar-refractivity contribution in [2.75, 3.05) is 0 Å². The van der Waals surface area contributed by atoms with E-state index in [4.69, 9.17) is 10.5 Å². The predicted molar refractivity (Wildman–Crippen MR) is 129 cm³/mol. The first-order valence-electron chi connectivity index (χ1n) is 10.6. The maximum Gasteiger partial charge on any atom is 0.346 e. The van der Waals surface area contributed by atoms with E-state index in [0.29, 0.717) is 11.1 Å². The molecule has 2 aliphatic rings. The van der Waals surface area contributed by atoms with Gasteiger partial charge in [0.15, 0.2) is 5.92 Å². The zero-order valence-corrected chi connectivity index (χ0v) is 20.7. The van der Waals surface area contributed by atoms with Crippen LogP contribution in [0.1, 0.15) is 30.9 Å². The minimum absolute atomic E-state index is 0.114. The molecule has 2 amide bonds. The van der Waals surface area contributed by atoms with Crippen LogP contribution in [0.5, 0.6) is 0 Å². The van der Waals surface area contributed by atoms with Crippen molar-refractivity contribution >= 4 is 52.5 Å². The van der Waals surface area contributed by atoms with E-state index in [0.717, 1.165) is 16.7 Å². The first-order chi connectivity index (χ1) is 16.9. The highest BCUT2D eigenvalue weighted by atomic mass is 32.2. The summed E-state index contributed by atoms with van der Waals surface area (Å²) in [5.41, 5.74) is 4.91. The lowest BCUT2D eigenvalue weighted by atomic mass is 9.89. The molecule has 12 nitrogen and oxygen atoms in total.